The molecule has 2 N–H and O–H groups in total. The third-order valence-corrected chi connectivity index (χ3v) is 5.23. The Morgan fingerprint density at radius 2 is 1.83 bits per heavy atom. The summed E-state index contributed by atoms with van der Waals surface area (Å²) in [6.45, 7) is -0.792. The van der Waals surface area contributed by atoms with Crippen LogP contribution in [-0.4, -0.2) is 47.4 Å². The van der Waals surface area contributed by atoms with Gasteiger partial charge in [-0.25, -0.2) is 13.0 Å². The van der Waals surface area contributed by atoms with E-state index in [0.717, 1.165) is 20.3 Å². The predicted octanol–water partition coefficient (Wildman–Crippen LogP) is 0.838. The maximum absolute atomic E-state index is 12.0. The Hall–Kier alpha value is -1.65. The van der Waals surface area contributed by atoms with Gasteiger partial charge >= 0.3 is 13.8 Å². The molecule has 0 atom stereocenters. The molecule has 0 aliphatic heterocycles. The lowest BCUT2D eigenvalue weighted by molar-refractivity contribution is -0.135. The lowest BCUT2D eigenvalue weighted by atomic mass is 10.3. The van der Waals surface area contributed by atoms with Gasteiger partial charge in [-0.1, -0.05) is 0 Å². The molecule has 10 nitrogen and oxygen atoms in total. The molecule has 0 saturated heterocycles. The van der Waals surface area contributed by atoms with Crippen LogP contribution in [0.25, 0.3) is 0 Å². The van der Waals surface area contributed by atoms with Gasteiger partial charge in [0.15, 0.2) is 11.5 Å². The van der Waals surface area contributed by atoms with Gasteiger partial charge in [-0.2, -0.15) is 4.72 Å². The second kappa shape index (κ2) is 7.75. The first-order valence-corrected chi connectivity index (χ1v) is 8.92. The van der Waals surface area contributed by atoms with Gasteiger partial charge in [0.1, 0.15) is 6.54 Å². The van der Waals surface area contributed by atoms with Crippen molar-refractivity contribution in [3.05, 3.63) is 18.2 Å². The number of carboxylic acid groups (broad SMARTS) is 1. The van der Waals surface area contributed by atoms with Gasteiger partial charge in [-0.15, -0.1) is 0 Å². The van der Waals surface area contributed by atoms with Crippen molar-refractivity contribution in [1.29, 1.82) is 0 Å². The third kappa shape index (κ3) is 5.19. The summed E-state index contributed by atoms with van der Waals surface area (Å²) in [5.41, 5.74) is 0. The number of hydrogen-bond acceptors (Lipinski definition) is 8. The number of phosphoric ester groups is 1. The molecule has 0 unspecified atom stereocenters. The first kappa shape index (κ1) is 19.4. The van der Waals surface area contributed by atoms with Crippen molar-refractivity contribution in [2.24, 2.45) is 0 Å². The van der Waals surface area contributed by atoms with E-state index in [0.29, 0.717) is 0 Å². The van der Waals surface area contributed by atoms with Crippen LogP contribution in [0.5, 0.6) is 11.5 Å². The molecule has 130 valence electrons. The minimum atomic E-state index is -4.11. The van der Waals surface area contributed by atoms with E-state index in [4.69, 9.17) is 14.4 Å². The first-order chi connectivity index (χ1) is 10.7. The molecule has 0 aliphatic rings. The summed E-state index contributed by atoms with van der Waals surface area (Å²) >= 11 is 0. The number of ether oxygens (including phenoxy) is 1. The van der Waals surface area contributed by atoms with E-state index in [1.54, 1.807) is 0 Å². The van der Waals surface area contributed by atoms with Crippen molar-refractivity contribution in [3.8, 4) is 11.5 Å². The number of carboxylic acids is 1. The normalized spacial score (nSPS) is 12.0. The van der Waals surface area contributed by atoms with Gasteiger partial charge < -0.3 is 14.4 Å². The van der Waals surface area contributed by atoms with Gasteiger partial charge in [0.25, 0.3) is 0 Å². The van der Waals surface area contributed by atoms with Gasteiger partial charge in [-0.3, -0.25) is 13.8 Å². The monoisotopic (exact) mass is 369 g/mol. The minimum absolute atomic E-state index is 0.0801. The van der Waals surface area contributed by atoms with Gasteiger partial charge in [-0.05, 0) is 12.1 Å². The highest BCUT2D eigenvalue weighted by Gasteiger charge is 2.28. The van der Waals surface area contributed by atoms with Gasteiger partial charge in [0.2, 0.25) is 10.0 Å². The number of aliphatic carboxylic acids is 1. The number of methoxy groups -OCH3 is 1. The van der Waals surface area contributed by atoms with Crippen molar-refractivity contribution in [3.63, 3.8) is 0 Å². The molecular weight excluding hydrogens is 353 g/mol. The zero-order valence-electron chi connectivity index (χ0n) is 12.5. The second-order valence-corrected chi connectivity index (χ2v) is 7.51. The van der Waals surface area contributed by atoms with Crippen molar-refractivity contribution in [1.82, 2.24) is 4.72 Å². The molecule has 0 heterocycles. The summed E-state index contributed by atoms with van der Waals surface area (Å²) < 4.78 is 57.1. The fourth-order valence-corrected chi connectivity index (χ4v) is 3.08. The van der Waals surface area contributed by atoms with Crippen molar-refractivity contribution < 1.29 is 41.2 Å². The average molecular weight is 369 g/mol. The molecule has 0 fully saturated rings. The van der Waals surface area contributed by atoms with Crippen LogP contribution in [0.3, 0.4) is 0 Å². The van der Waals surface area contributed by atoms with Crippen LogP contribution in [0.1, 0.15) is 0 Å². The molecule has 0 spiro atoms. The summed E-state index contributed by atoms with van der Waals surface area (Å²) in [7, 11) is -4.57. The van der Waals surface area contributed by atoms with Crippen LogP contribution < -0.4 is 14.0 Å². The number of nitrogens with one attached hydrogen (secondary N) is 1. The van der Waals surface area contributed by atoms with E-state index >= 15 is 0 Å². The molecule has 1 rings (SSSR count). The van der Waals surface area contributed by atoms with Crippen LogP contribution in [0.4, 0.5) is 0 Å². The van der Waals surface area contributed by atoms with Crippen LogP contribution in [0, 0.1) is 0 Å². The van der Waals surface area contributed by atoms with Crippen molar-refractivity contribution in [2.75, 3.05) is 27.9 Å². The lowest BCUT2D eigenvalue weighted by Crippen LogP contribution is -2.29. The van der Waals surface area contributed by atoms with E-state index in [1.807, 2.05) is 4.72 Å². The Morgan fingerprint density at radius 3 is 2.30 bits per heavy atom. The highest BCUT2D eigenvalue weighted by molar-refractivity contribution is 7.89. The van der Waals surface area contributed by atoms with Gasteiger partial charge in [0.05, 0.1) is 12.0 Å². The molecule has 0 aliphatic carbocycles. The minimum Gasteiger partial charge on any atom is -0.493 e. The Balaban J connectivity index is 3.22. The quantitative estimate of drug-likeness (QED) is 0.606. The van der Waals surface area contributed by atoms with Crippen LogP contribution in [-0.2, 0) is 28.4 Å². The molecular formula is C11H16NO9PS. The summed E-state index contributed by atoms with van der Waals surface area (Å²) in [6.07, 6.45) is 0. The van der Waals surface area contributed by atoms with Crippen LogP contribution in [0.2, 0.25) is 0 Å². The number of rotatable bonds is 9. The summed E-state index contributed by atoms with van der Waals surface area (Å²) in [5.74, 6) is -1.48. The Kier molecular flexibility index (Phi) is 6.54. The number of carbonyl (C=O) groups is 1. The summed E-state index contributed by atoms with van der Waals surface area (Å²) in [4.78, 5) is 10.2. The smallest absolute Gasteiger partial charge is 0.493 e. The van der Waals surface area contributed by atoms with Crippen LogP contribution in [0.15, 0.2) is 23.1 Å². The van der Waals surface area contributed by atoms with Crippen molar-refractivity contribution >= 4 is 23.8 Å². The van der Waals surface area contributed by atoms with E-state index in [-0.39, 0.29) is 16.4 Å². The van der Waals surface area contributed by atoms with Gasteiger partial charge in [0, 0.05) is 20.3 Å². The van der Waals surface area contributed by atoms with Crippen molar-refractivity contribution in [2.45, 2.75) is 4.90 Å². The second-order valence-electron chi connectivity index (χ2n) is 3.93. The molecule has 0 bridgehead atoms. The standard InChI is InChI=1S/C11H16NO9PS/c1-18-9-5-4-8(23(16,17)12-7-11(13)14)6-10(9)21-22(15,19-2)20-3/h4-6,12H,7H2,1-3H3,(H,13,14). The highest BCUT2D eigenvalue weighted by Crippen LogP contribution is 2.50. The highest BCUT2D eigenvalue weighted by atomic mass is 32.2. The van der Waals surface area contributed by atoms with E-state index in [1.165, 1.54) is 19.2 Å². The van der Waals surface area contributed by atoms with E-state index in [9.17, 15) is 17.8 Å². The predicted molar refractivity (Wildman–Crippen MR) is 78.1 cm³/mol. The molecule has 1 aromatic rings. The maximum atomic E-state index is 12.0. The van der Waals surface area contributed by atoms with E-state index < -0.39 is 30.4 Å². The molecule has 0 radical (unpaired) electrons. The molecule has 1 aromatic carbocycles. The Bertz CT molecular complexity index is 710. The van der Waals surface area contributed by atoms with E-state index in [2.05, 4.69) is 9.05 Å². The summed E-state index contributed by atoms with van der Waals surface area (Å²) in [6, 6.07) is 3.43. The third-order valence-electron chi connectivity index (χ3n) is 2.52. The number of hydrogen-bond donors (Lipinski definition) is 2. The maximum Gasteiger partial charge on any atom is 0.529 e. The molecule has 23 heavy (non-hydrogen) atoms. The number of sulfonamides is 1. The zero-order chi connectivity index (χ0) is 17.7. The SMILES string of the molecule is COc1ccc(S(=O)(=O)NCC(=O)O)cc1OP(=O)(OC)OC. The molecule has 0 saturated carbocycles. The van der Waals surface area contributed by atoms with Crippen LogP contribution >= 0.6 is 7.82 Å². The molecule has 0 aromatic heterocycles. The molecule has 12 heteroatoms. The largest absolute Gasteiger partial charge is 0.529 e. The first-order valence-electron chi connectivity index (χ1n) is 5.98. The average Bonchev–Trinajstić information content (AvgIpc) is 2.52. The molecule has 0 amide bonds. The fourth-order valence-electron chi connectivity index (χ4n) is 1.41. The Labute approximate surface area is 133 Å². The zero-order valence-corrected chi connectivity index (χ0v) is 14.2. The topological polar surface area (TPSA) is 137 Å². The number of phosphoric acid groups is 1. The summed E-state index contributed by atoms with van der Waals surface area (Å²) in [5, 5.41) is 8.54. The number of benzene rings is 1. The lowest BCUT2D eigenvalue weighted by Gasteiger charge is -2.17. The fraction of sp³-hybridized carbons (Fsp3) is 0.364. The Morgan fingerprint density at radius 1 is 1.22 bits per heavy atom.